The van der Waals surface area contributed by atoms with Gasteiger partial charge in [0.2, 0.25) is 5.91 Å². The topological polar surface area (TPSA) is 68.0 Å². The van der Waals surface area contributed by atoms with Gasteiger partial charge in [-0.15, -0.1) is 11.3 Å². The number of rotatable bonds is 5. The molecule has 0 saturated carbocycles. The Bertz CT molecular complexity index is 551. The van der Waals surface area contributed by atoms with Crippen LogP contribution in [0.25, 0.3) is 10.6 Å². The zero-order valence-electron chi connectivity index (χ0n) is 10.8. The fraction of sp³-hybridized carbons (Fsp3) is 0.286. The van der Waals surface area contributed by atoms with Gasteiger partial charge in [-0.1, -0.05) is 30.3 Å². The van der Waals surface area contributed by atoms with Crippen LogP contribution in [-0.2, 0) is 11.3 Å². The van der Waals surface area contributed by atoms with Gasteiger partial charge in [0.25, 0.3) is 0 Å². The zero-order valence-corrected chi connectivity index (χ0v) is 11.7. The number of benzene rings is 1. The van der Waals surface area contributed by atoms with Crippen LogP contribution < -0.4 is 11.1 Å². The Morgan fingerprint density at radius 3 is 2.79 bits per heavy atom. The monoisotopic (exact) mass is 275 g/mol. The van der Waals surface area contributed by atoms with E-state index in [9.17, 15) is 4.79 Å². The number of nitrogens with one attached hydrogen (secondary N) is 1. The minimum absolute atomic E-state index is 0.0171. The fourth-order valence-electron chi connectivity index (χ4n) is 1.69. The number of nitrogens with two attached hydrogens (primary N) is 1. The number of carbonyl (C=O) groups excluding carboxylic acids is 1. The van der Waals surface area contributed by atoms with Crippen LogP contribution in [0.2, 0.25) is 0 Å². The summed E-state index contributed by atoms with van der Waals surface area (Å²) in [6.45, 7) is 2.87. The number of nitrogens with zero attached hydrogens (tertiary/aromatic N) is 1. The van der Waals surface area contributed by atoms with Crippen molar-refractivity contribution in [1.29, 1.82) is 0 Å². The smallest absolute Gasteiger partial charge is 0.221 e. The first-order valence-electron chi connectivity index (χ1n) is 6.19. The first-order chi connectivity index (χ1) is 9.20. The van der Waals surface area contributed by atoms with Crippen LogP contribution in [0.5, 0.6) is 0 Å². The molecule has 4 nitrogen and oxygen atoms in total. The molecule has 0 spiro atoms. The largest absolute Gasteiger partial charge is 0.351 e. The summed E-state index contributed by atoms with van der Waals surface area (Å²) < 4.78 is 0. The Labute approximate surface area is 116 Å². The van der Waals surface area contributed by atoms with Gasteiger partial charge in [-0.05, 0) is 6.92 Å². The minimum atomic E-state index is -0.0171. The molecule has 1 amide bonds. The molecule has 0 radical (unpaired) electrons. The summed E-state index contributed by atoms with van der Waals surface area (Å²) in [5.74, 6) is -0.0171. The van der Waals surface area contributed by atoms with Gasteiger partial charge in [0.05, 0.1) is 12.2 Å². The normalized spacial score (nSPS) is 10.4. The first kappa shape index (κ1) is 13.7. The van der Waals surface area contributed by atoms with E-state index in [1.807, 2.05) is 37.3 Å². The third-order valence-electron chi connectivity index (χ3n) is 2.73. The summed E-state index contributed by atoms with van der Waals surface area (Å²) in [5, 5.41) is 3.84. The molecule has 0 saturated heterocycles. The standard InChI is InChI=1S/C14H17N3OS/c1-10-12(9-16-13(18)7-8-15)19-14(17-10)11-5-3-2-4-6-11/h2-6H,7-9,15H2,1H3,(H,16,18). The second kappa shape index (κ2) is 6.45. The molecule has 2 aromatic rings. The fourth-order valence-corrected chi connectivity index (χ4v) is 2.70. The third-order valence-corrected chi connectivity index (χ3v) is 3.94. The molecule has 1 heterocycles. The molecule has 0 aliphatic heterocycles. The van der Waals surface area contributed by atoms with Gasteiger partial charge < -0.3 is 11.1 Å². The minimum Gasteiger partial charge on any atom is -0.351 e. The van der Waals surface area contributed by atoms with E-state index in [2.05, 4.69) is 10.3 Å². The molecule has 0 fully saturated rings. The molecule has 5 heteroatoms. The summed E-state index contributed by atoms with van der Waals surface area (Å²) in [4.78, 5) is 17.0. The predicted octanol–water partition coefficient (Wildman–Crippen LogP) is 2.08. The first-order valence-corrected chi connectivity index (χ1v) is 7.01. The molecule has 0 bridgehead atoms. The van der Waals surface area contributed by atoms with Crippen LogP contribution in [0.1, 0.15) is 17.0 Å². The molecule has 0 aliphatic carbocycles. The van der Waals surface area contributed by atoms with Crippen LogP contribution in [0.4, 0.5) is 0 Å². The molecule has 19 heavy (non-hydrogen) atoms. The van der Waals surface area contributed by atoms with Crippen LogP contribution in [-0.4, -0.2) is 17.4 Å². The van der Waals surface area contributed by atoms with Crippen molar-refractivity contribution >= 4 is 17.2 Å². The quantitative estimate of drug-likeness (QED) is 0.878. The van der Waals surface area contributed by atoms with Crippen LogP contribution in [0, 0.1) is 6.92 Å². The molecule has 100 valence electrons. The lowest BCUT2D eigenvalue weighted by Crippen LogP contribution is -2.24. The lowest BCUT2D eigenvalue weighted by Gasteiger charge is -2.02. The van der Waals surface area contributed by atoms with Crippen molar-refractivity contribution in [3.8, 4) is 10.6 Å². The number of hydrogen-bond acceptors (Lipinski definition) is 4. The van der Waals surface area contributed by atoms with E-state index < -0.39 is 0 Å². The maximum atomic E-state index is 11.4. The summed E-state index contributed by atoms with van der Waals surface area (Å²) in [5.41, 5.74) is 7.41. The maximum absolute atomic E-state index is 11.4. The molecule has 3 N–H and O–H groups in total. The summed E-state index contributed by atoms with van der Waals surface area (Å²) in [7, 11) is 0. The van der Waals surface area contributed by atoms with Gasteiger partial charge in [0, 0.05) is 23.4 Å². The number of hydrogen-bond donors (Lipinski definition) is 2. The van der Waals surface area contributed by atoms with Crippen molar-refractivity contribution in [1.82, 2.24) is 10.3 Å². The van der Waals surface area contributed by atoms with Crippen molar-refractivity contribution in [2.24, 2.45) is 5.73 Å². The number of aryl methyl sites for hydroxylation is 1. The Hall–Kier alpha value is -1.72. The van der Waals surface area contributed by atoms with Gasteiger partial charge in [0.1, 0.15) is 5.01 Å². The molecule has 0 aliphatic rings. The van der Waals surface area contributed by atoms with Crippen LogP contribution in [0.15, 0.2) is 30.3 Å². The molecular weight excluding hydrogens is 258 g/mol. The second-order valence-electron chi connectivity index (χ2n) is 4.21. The van der Waals surface area contributed by atoms with E-state index in [1.165, 1.54) is 0 Å². The van der Waals surface area contributed by atoms with E-state index in [4.69, 9.17) is 5.73 Å². The summed E-state index contributed by atoms with van der Waals surface area (Å²) in [6.07, 6.45) is 0.364. The third kappa shape index (κ3) is 3.62. The maximum Gasteiger partial charge on any atom is 0.221 e. The Morgan fingerprint density at radius 1 is 1.37 bits per heavy atom. The molecule has 2 rings (SSSR count). The molecule has 0 unspecified atom stereocenters. The number of amides is 1. The highest BCUT2D eigenvalue weighted by atomic mass is 32.1. The molecular formula is C14H17N3OS. The van der Waals surface area contributed by atoms with Crippen molar-refractivity contribution in [3.63, 3.8) is 0 Å². The lowest BCUT2D eigenvalue weighted by atomic mass is 10.2. The van der Waals surface area contributed by atoms with Gasteiger partial charge >= 0.3 is 0 Å². The average Bonchev–Trinajstić information content (AvgIpc) is 2.79. The number of aromatic nitrogens is 1. The van der Waals surface area contributed by atoms with Gasteiger partial charge in [0.15, 0.2) is 0 Å². The van der Waals surface area contributed by atoms with Crippen molar-refractivity contribution in [2.75, 3.05) is 6.54 Å². The molecule has 1 aromatic carbocycles. The van der Waals surface area contributed by atoms with E-state index in [0.717, 1.165) is 21.1 Å². The van der Waals surface area contributed by atoms with Crippen molar-refractivity contribution in [2.45, 2.75) is 19.9 Å². The highest BCUT2D eigenvalue weighted by Crippen LogP contribution is 2.27. The van der Waals surface area contributed by atoms with Crippen molar-refractivity contribution < 1.29 is 4.79 Å². The summed E-state index contributed by atoms with van der Waals surface area (Å²) in [6, 6.07) is 10.0. The molecule has 0 atom stereocenters. The Balaban J connectivity index is 2.07. The van der Waals surface area contributed by atoms with Gasteiger partial charge in [-0.3, -0.25) is 4.79 Å². The van der Waals surface area contributed by atoms with E-state index >= 15 is 0 Å². The number of carbonyl (C=O) groups is 1. The average molecular weight is 275 g/mol. The highest BCUT2D eigenvalue weighted by molar-refractivity contribution is 7.15. The Kier molecular flexibility index (Phi) is 4.65. The van der Waals surface area contributed by atoms with Gasteiger partial charge in [-0.25, -0.2) is 4.98 Å². The van der Waals surface area contributed by atoms with Crippen LogP contribution in [0.3, 0.4) is 0 Å². The van der Waals surface area contributed by atoms with Crippen molar-refractivity contribution in [3.05, 3.63) is 40.9 Å². The molecule has 1 aromatic heterocycles. The zero-order chi connectivity index (χ0) is 13.7. The van der Waals surface area contributed by atoms with Gasteiger partial charge in [-0.2, -0.15) is 0 Å². The van der Waals surface area contributed by atoms with Crippen LogP contribution >= 0.6 is 11.3 Å². The lowest BCUT2D eigenvalue weighted by molar-refractivity contribution is -0.121. The van der Waals surface area contributed by atoms with E-state index in [0.29, 0.717) is 19.5 Å². The highest BCUT2D eigenvalue weighted by Gasteiger charge is 2.10. The van der Waals surface area contributed by atoms with E-state index in [1.54, 1.807) is 11.3 Å². The predicted molar refractivity (Wildman–Crippen MR) is 77.8 cm³/mol. The Morgan fingerprint density at radius 2 is 2.11 bits per heavy atom. The summed E-state index contributed by atoms with van der Waals surface area (Å²) >= 11 is 1.62. The number of thiazole rings is 1. The van der Waals surface area contributed by atoms with E-state index in [-0.39, 0.29) is 5.91 Å². The second-order valence-corrected chi connectivity index (χ2v) is 5.29. The SMILES string of the molecule is Cc1nc(-c2ccccc2)sc1CNC(=O)CCN.